The number of rotatable bonds is 5. The van der Waals surface area contributed by atoms with Crippen molar-refractivity contribution in [2.24, 2.45) is 5.41 Å². The van der Waals surface area contributed by atoms with Crippen LogP contribution >= 0.6 is 0 Å². The minimum absolute atomic E-state index is 0.0723. The first kappa shape index (κ1) is 15.8. The Morgan fingerprint density at radius 1 is 1.28 bits per heavy atom. The van der Waals surface area contributed by atoms with Crippen LogP contribution in [0.5, 0.6) is 0 Å². The second-order valence-corrected chi connectivity index (χ2v) is 7.25. The van der Waals surface area contributed by atoms with Crippen molar-refractivity contribution in [3.05, 3.63) is 0 Å². The summed E-state index contributed by atoms with van der Waals surface area (Å²) in [6.45, 7) is 9.42. The standard InChI is InChI=1S/C11H22O6S/c1-10(2,3)8-16-18(12,13)15-7-9-6-14-11(4,5)17-9/h9H,6-8H2,1-5H3. The van der Waals surface area contributed by atoms with Crippen molar-refractivity contribution in [1.29, 1.82) is 0 Å². The molecule has 0 bridgehead atoms. The molecule has 0 N–H and O–H groups in total. The van der Waals surface area contributed by atoms with Gasteiger partial charge in [-0.05, 0) is 19.3 Å². The second-order valence-electron chi connectivity index (χ2n) is 5.97. The van der Waals surface area contributed by atoms with E-state index in [1.807, 2.05) is 20.8 Å². The summed E-state index contributed by atoms with van der Waals surface area (Å²) in [5, 5.41) is 0. The van der Waals surface area contributed by atoms with Crippen molar-refractivity contribution in [3.8, 4) is 0 Å². The van der Waals surface area contributed by atoms with Crippen LogP contribution in [0.4, 0.5) is 0 Å². The molecule has 1 fully saturated rings. The summed E-state index contributed by atoms with van der Waals surface area (Å²) in [7, 11) is -3.98. The average molecular weight is 282 g/mol. The quantitative estimate of drug-likeness (QED) is 0.760. The maximum absolute atomic E-state index is 11.5. The minimum Gasteiger partial charge on any atom is -0.348 e. The van der Waals surface area contributed by atoms with Crippen molar-refractivity contribution in [1.82, 2.24) is 0 Å². The lowest BCUT2D eigenvalue weighted by Crippen LogP contribution is -2.27. The molecule has 0 amide bonds. The topological polar surface area (TPSA) is 71.1 Å². The van der Waals surface area contributed by atoms with E-state index in [0.29, 0.717) is 6.61 Å². The van der Waals surface area contributed by atoms with Gasteiger partial charge < -0.3 is 9.47 Å². The molecule has 1 unspecified atom stereocenters. The molecular formula is C11H22O6S. The van der Waals surface area contributed by atoms with Gasteiger partial charge in [0.15, 0.2) is 5.79 Å². The Hall–Kier alpha value is -0.210. The van der Waals surface area contributed by atoms with Gasteiger partial charge in [0.25, 0.3) is 0 Å². The minimum atomic E-state index is -3.98. The lowest BCUT2D eigenvalue weighted by molar-refractivity contribution is -0.141. The van der Waals surface area contributed by atoms with Crippen LogP contribution < -0.4 is 0 Å². The molecule has 0 spiro atoms. The van der Waals surface area contributed by atoms with Crippen LogP contribution in [0.15, 0.2) is 0 Å². The van der Waals surface area contributed by atoms with Crippen LogP contribution in [-0.4, -0.2) is 40.1 Å². The molecule has 0 aromatic rings. The molecule has 1 rings (SSSR count). The van der Waals surface area contributed by atoms with Crippen LogP contribution in [0.25, 0.3) is 0 Å². The highest BCUT2D eigenvalue weighted by Crippen LogP contribution is 2.23. The van der Waals surface area contributed by atoms with Gasteiger partial charge in [-0.1, -0.05) is 20.8 Å². The predicted octanol–water partition coefficient (Wildman–Crippen LogP) is 1.46. The van der Waals surface area contributed by atoms with Gasteiger partial charge in [0.05, 0.1) is 19.8 Å². The van der Waals surface area contributed by atoms with Crippen LogP contribution in [0, 0.1) is 5.41 Å². The molecule has 1 saturated heterocycles. The third kappa shape index (κ3) is 6.10. The lowest BCUT2D eigenvalue weighted by Gasteiger charge is -2.18. The third-order valence-electron chi connectivity index (χ3n) is 2.10. The van der Waals surface area contributed by atoms with Gasteiger partial charge in [-0.25, -0.2) is 8.37 Å². The summed E-state index contributed by atoms with van der Waals surface area (Å²) in [5.41, 5.74) is -0.245. The largest absolute Gasteiger partial charge is 0.399 e. The zero-order valence-corrected chi connectivity index (χ0v) is 12.4. The number of hydrogen-bond donors (Lipinski definition) is 0. The van der Waals surface area contributed by atoms with Gasteiger partial charge >= 0.3 is 10.4 Å². The molecule has 0 aromatic carbocycles. The third-order valence-corrected chi connectivity index (χ3v) is 2.93. The summed E-state index contributed by atoms with van der Waals surface area (Å²) >= 11 is 0. The zero-order valence-electron chi connectivity index (χ0n) is 11.6. The van der Waals surface area contributed by atoms with Crippen molar-refractivity contribution < 1.29 is 26.3 Å². The van der Waals surface area contributed by atoms with Crippen molar-refractivity contribution >= 4 is 10.4 Å². The molecule has 6 nitrogen and oxygen atoms in total. The van der Waals surface area contributed by atoms with Crippen LogP contribution in [-0.2, 0) is 28.2 Å². The van der Waals surface area contributed by atoms with Crippen molar-refractivity contribution in [3.63, 3.8) is 0 Å². The van der Waals surface area contributed by atoms with E-state index >= 15 is 0 Å². The Morgan fingerprint density at radius 3 is 2.33 bits per heavy atom. The maximum atomic E-state index is 11.5. The Balaban J connectivity index is 2.34. The molecule has 108 valence electrons. The van der Waals surface area contributed by atoms with Gasteiger partial charge in [0.1, 0.15) is 6.10 Å². The van der Waals surface area contributed by atoms with Gasteiger partial charge in [-0.2, -0.15) is 8.42 Å². The van der Waals surface area contributed by atoms with E-state index in [-0.39, 0.29) is 18.6 Å². The Labute approximate surface area is 109 Å². The predicted molar refractivity (Wildman–Crippen MR) is 65.2 cm³/mol. The van der Waals surface area contributed by atoms with E-state index in [0.717, 1.165) is 0 Å². The van der Waals surface area contributed by atoms with Crippen LogP contribution in [0.3, 0.4) is 0 Å². The molecule has 1 atom stereocenters. The SMILES string of the molecule is CC(C)(C)COS(=O)(=O)OCC1COC(C)(C)O1. The molecule has 18 heavy (non-hydrogen) atoms. The van der Waals surface area contributed by atoms with E-state index in [2.05, 4.69) is 0 Å². The molecule has 1 aliphatic heterocycles. The number of hydrogen-bond acceptors (Lipinski definition) is 6. The van der Waals surface area contributed by atoms with Gasteiger partial charge in [-0.15, -0.1) is 0 Å². The average Bonchev–Trinajstić information content (AvgIpc) is 2.52. The van der Waals surface area contributed by atoms with Gasteiger partial charge in [-0.3, -0.25) is 0 Å². The monoisotopic (exact) mass is 282 g/mol. The van der Waals surface area contributed by atoms with Crippen LogP contribution in [0.1, 0.15) is 34.6 Å². The molecule has 0 radical (unpaired) electrons. The first-order valence-corrected chi connectivity index (χ1v) is 7.18. The lowest BCUT2D eigenvalue weighted by atomic mass is 9.99. The fourth-order valence-electron chi connectivity index (χ4n) is 1.29. The fraction of sp³-hybridized carbons (Fsp3) is 1.00. The highest BCUT2D eigenvalue weighted by atomic mass is 32.3. The first-order valence-electron chi connectivity index (χ1n) is 5.85. The molecule has 0 saturated carbocycles. The summed E-state index contributed by atoms with van der Waals surface area (Å²) in [5.74, 6) is -0.690. The number of ether oxygens (including phenoxy) is 2. The van der Waals surface area contributed by atoms with E-state index in [1.165, 1.54) is 0 Å². The second kappa shape index (κ2) is 5.42. The Morgan fingerprint density at radius 2 is 1.89 bits per heavy atom. The Bertz CT molecular complexity index is 367. The summed E-state index contributed by atoms with van der Waals surface area (Å²) in [6, 6.07) is 0. The fourth-order valence-corrected chi connectivity index (χ4v) is 2.17. The molecular weight excluding hydrogens is 260 g/mol. The molecule has 1 heterocycles. The van der Waals surface area contributed by atoms with E-state index in [9.17, 15) is 8.42 Å². The van der Waals surface area contributed by atoms with Crippen LogP contribution in [0.2, 0.25) is 0 Å². The van der Waals surface area contributed by atoms with E-state index in [1.54, 1.807) is 13.8 Å². The molecule has 1 aliphatic rings. The molecule has 7 heteroatoms. The zero-order chi connectivity index (χ0) is 14.0. The molecule has 0 aliphatic carbocycles. The van der Waals surface area contributed by atoms with Gasteiger partial charge in [0, 0.05) is 0 Å². The van der Waals surface area contributed by atoms with E-state index < -0.39 is 22.3 Å². The smallest absolute Gasteiger partial charge is 0.348 e. The Kier molecular flexibility index (Phi) is 4.77. The normalized spacial score (nSPS) is 24.4. The summed E-state index contributed by atoms with van der Waals surface area (Å²) < 4.78 is 43.1. The highest BCUT2D eigenvalue weighted by molar-refractivity contribution is 7.81. The van der Waals surface area contributed by atoms with E-state index in [4.69, 9.17) is 17.8 Å². The van der Waals surface area contributed by atoms with Crippen molar-refractivity contribution in [2.45, 2.75) is 46.5 Å². The summed E-state index contributed by atoms with van der Waals surface area (Å²) in [6.07, 6.45) is -0.395. The maximum Gasteiger partial charge on any atom is 0.399 e. The molecule has 0 aromatic heterocycles. The first-order chi connectivity index (χ1) is 7.99. The highest BCUT2D eigenvalue weighted by Gasteiger charge is 2.34. The van der Waals surface area contributed by atoms with Crippen molar-refractivity contribution in [2.75, 3.05) is 19.8 Å². The summed E-state index contributed by atoms with van der Waals surface area (Å²) in [4.78, 5) is 0. The van der Waals surface area contributed by atoms with Gasteiger partial charge in [0.2, 0.25) is 0 Å².